The predicted molar refractivity (Wildman–Crippen MR) is 290 cm³/mol. The smallest absolute Gasteiger partial charge is 0.612 e. The normalized spacial score (nSPS) is 12.3. The Morgan fingerprint density at radius 1 is 0.461 bits per heavy atom. The van der Waals surface area contributed by atoms with Gasteiger partial charge in [0.25, 0.3) is 0 Å². The Morgan fingerprint density at radius 3 is 1.21 bits per heavy atom. The number of imidazole rings is 3. The second kappa shape index (κ2) is 31.2. The van der Waals surface area contributed by atoms with Crippen LogP contribution in [0.4, 0.5) is 0 Å². The number of nitrogens with one attached hydrogen (secondary N) is 2. The Hall–Kier alpha value is -5.27. The summed E-state index contributed by atoms with van der Waals surface area (Å²) in [6.45, 7) is 9.48. The molecule has 6 aromatic heterocycles. The van der Waals surface area contributed by atoms with E-state index in [0.29, 0.717) is 66.6 Å². The third-order valence-corrected chi connectivity index (χ3v) is 15.0. The van der Waals surface area contributed by atoms with Crippen molar-refractivity contribution in [3.05, 3.63) is 143 Å². The molecule has 2 N–H and O–H groups in total. The number of fused-ring (bicyclic) bond motifs is 3. The van der Waals surface area contributed by atoms with Crippen LogP contribution in [0.5, 0.6) is 17.2 Å². The zero-order valence-corrected chi connectivity index (χ0v) is 48.4. The predicted octanol–water partition coefficient (Wildman–Crippen LogP) is 5.60. The van der Waals surface area contributed by atoms with Crippen LogP contribution in [0.1, 0.15) is 53.0 Å². The van der Waals surface area contributed by atoms with E-state index >= 15 is 0 Å². The van der Waals surface area contributed by atoms with Crippen molar-refractivity contribution < 1.29 is 71.6 Å². The monoisotopic (exact) mass is 1100 g/mol. The van der Waals surface area contributed by atoms with Crippen LogP contribution in [0.3, 0.4) is 0 Å². The number of ether oxygens (including phenoxy) is 6. The van der Waals surface area contributed by atoms with Gasteiger partial charge in [0.1, 0.15) is 22.4 Å². The first-order valence-corrected chi connectivity index (χ1v) is 28.1. The number of methoxy groups -OCH3 is 3. The van der Waals surface area contributed by atoms with Crippen molar-refractivity contribution in [2.24, 2.45) is 0 Å². The molecule has 3 unspecified atom stereocenters. The number of aromatic nitrogens is 9. The van der Waals surface area contributed by atoms with E-state index in [1.54, 1.807) is 39.9 Å². The Bertz CT molecular complexity index is 2750. The molecule has 0 aliphatic rings. The molecule has 0 saturated carbocycles. The Labute approximate surface area is 474 Å². The molecule has 0 spiro atoms. The van der Waals surface area contributed by atoms with Gasteiger partial charge < -0.3 is 52.0 Å². The largest absolute Gasteiger partial charge is 1.00 e. The van der Waals surface area contributed by atoms with E-state index in [-0.39, 0.29) is 35.3 Å². The summed E-state index contributed by atoms with van der Waals surface area (Å²) < 4.78 is 70.3. The second-order valence-corrected chi connectivity index (χ2v) is 20.9. The van der Waals surface area contributed by atoms with Gasteiger partial charge in [0.15, 0.2) is 17.3 Å². The molecule has 76 heavy (non-hydrogen) atoms. The number of hydrogen-bond acceptors (Lipinski definition) is 15. The number of para-hydroxylation sites is 6. The van der Waals surface area contributed by atoms with Crippen molar-refractivity contribution in [2.45, 2.75) is 72.8 Å². The molecule has 3 atom stereocenters. The van der Waals surface area contributed by atoms with Gasteiger partial charge in [0, 0.05) is 118 Å². The number of nitrogens with zero attached hydrogens (tertiary/aromatic N) is 7. The maximum Gasteiger partial charge on any atom is 1.00 e. The summed E-state index contributed by atoms with van der Waals surface area (Å²) in [5.41, 5.74) is 9.84. The summed E-state index contributed by atoms with van der Waals surface area (Å²) in [6.07, 6.45) is 7.49. The molecule has 0 radical (unpaired) electrons. The Kier molecular flexibility index (Phi) is 24.6. The van der Waals surface area contributed by atoms with Gasteiger partial charge in [-0.15, -0.1) is 0 Å². The average molecular weight is 1100 g/mol. The maximum absolute atomic E-state index is 12.7. The zero-order chi connectivity index (χ0) is 52.9. The van der Waals surface area contributed by atoms with Gasteiger partial charge in [-0.25, -0.2) is 0 Å². The number of benzene rings is 3. The van der Waals surface area contributed by atoms with Crippen molar-refractivity contribution in [1.82, 2.24) is 44.9 Å². The molecule has 9 rings (SSSR count). The van der Waals surface area contributed by atoms with Crippen LogP contribution in [-0.2, 0) is 65.0 Å². The van der Waals surface area contributed by atoms with Gasteiger partial charge in [0.05, 0.1) is 59.0 Å². The van der Waals surface area contributed by atoms with Gasteiger partial charge in [-0.3, -0.25) is 24.9 Å². The average Bonchev–Trinajstić information content (AvgIpc) is 4.19. The van der Waals surface area contributed by atoms with Gasteiger partial charge in [-0.1, -0.05) is 48.5 Å². The van der Waals surface area contributed by atoms with Crippen LogP contribution in [0, 0.1) is 20.8 Å². The molecule has 6 heterocycles. The third kappa shape index (κ3) is 17.1. The van der Waals surface area contributed by atoms with Gasteiger partial charge in [-0.05, 0) is 85.4 Å². The Morgan fingerprint density at radius 2 is 0.829 bits per heavy atom. The molecule has 0 saturated heterocycles. The van der Waals surface area contributed by atoms with E-state index in [1.807, 2.05) is 112 Å². The molecule has 0 bridgehead atoms. The van der Waals surface area contributed by atoms with Crippen molar-refractivity contribution >= 4 is 66.6 Å². The minimum absolute atomic E-state index is 0. The summed E-state index contributed by atoms with van der Waals surface area (Å²) in [4.78, 5) is 36.8. The van der Waals surface area contributed by atoms with Crippen molar-refractivity contribution in [3.8, 4) is 17.2 Å². The third-order valence-electron chi connectivity index (χ3n) is 11.5. The van der Waals surface area contributed by atoms with E-state index < -0.39 is 33.5 Å². The van der Waals surface area contributed by atoms with Crippen LogP contribution in [0.2, 0.25) is 0 Å². The van der Waals surface area contributed by atoms with Crippen LogP contribution in [0.25, 0.3) is 33.1 Å². The van der Waals surface area contributed by atoms with E-state index in [1.165, 1.54) is 0 Å². The first-order valence-electron chi connectivity index (χ1n) is 24.2. The minimum Gasteiger partial charge on any atom is -0.612 e. The van der Waals surface area contributed by atoms with E-state index in [0.717, 1.165) is 103 Å². The number of H-pyrrole nitrogens is 2. The number of hydrogen-bond donors (Lipinski definition) is 2. The summed E-state index contributed by atoms with van der Waals surface area (Å²) in [7, 11) is 5.01. The van der Waals surface area contributed by atoms with Crippen LogP contribution >= 0.6 is 0 Å². The molecule has 3 aromatic carbocycles. The van der Waals surface area contributed by atoms with Crippen molar-refractivity contribution in [3.63, 3.8) is 0 Å². The van der Waals surface area contributed by atoms with Gasteiger partial charge in [0.2, 0.25) is 0 Å². The van der Waals surface area contributed by atoms with Crippen LogP contribution < -0.4 is 48.8 Å². The second-order valence-electron chi connectivity index (χ2n) is 16.8. The number of pyridine rings is 3. The van der Waals surface area contributed by atoms with Gasteiger partial charge in [-0.2, -0.15) is 9.97 Å². The van der Waals surface area contributed by atoms with E-state index in [9.17, 15) is 13.7 Å². The first-order chi connectivity index (χ1) is 36.6. The fraction of sp³-hybridized carbons (Fsp3) is 0.333. The molecular formula is C54H62N9NaO9S3. The molecule has 0 aliphatic heterocycles. The number of rotatable bonds is 24. The molecule has 9 aromatic rings. The van der Waals surface area contributed by atoms with Crippen molar-refractivity contribution in [1.29, 1.82) is 0 Å². The summed E-state index contributed by atoms with van der Waals surface area (Å²) >= 11 is -3.95. The van der Waals surface area contributed by atoms with E-state index in [4.69, 9.17) is 28.4 Å². The molecule has 0 fully saturated rings. The molecule has 396 valence electrons. The standard InChI is InChI=1S/2C18H21N3O3S.C18H20N3O3S.Na/c3*1-13-16(19-9-8-17(13)24-11-5-10-23-2)12-25(22)18-20-14-6-3-4-7-15(14)21-18;/h2*3-4,6-9H,5,10-12H2,1-2H3,(H,20,21);3-4,6-9H,5,10-12H2,1-2H3;/q;;-1;+1. The quantitative estimate of drug-likeness (QED) is 0.0425. The van der Waals surface area contributed by atoms with Crippen molar-refractivity contribution in [2.75, 3.05) is 61.0 Å². The molecule has 0 aliphatic carbocycles. The SMILES string of the molecule is COCCCOc1ccnc(C[S+]([O-])c2nc3ccccc3[n-]2)c1C.COCCCOc1ccnc(C[S+]([O-])c2nc3ccccc3[nH]2)c1C.COCCCOc1ccnc(C[S+]([O-])c2nc3ccccc3[nH]2)c1C.[Na+]. The summed E-state index contributed by atoms with van der Waals surface area (Å²) in [5, 5.41) is 1.27. The van der Waals surface area contributed by atoms with Gasteiger partial charge >= 0.3 is 39.9 Å². The Balaban J connectivity index is 0.000000184. The number of aromatic amines is 2. The molecular weight excluding hydrogens is 1040 g/mol. The summed E-state index contributed by atoms with van der Waals surface area (Å²) in [6, 6.07) is 28.3. The van der Waals surface area contributed by atoms with Crippen LogP contribution in [0.15, 0.2) is 125 Å². The van der Waals surface area contributed by atoms with Crippen LogP contribution in [-0.4, -0.2) is 115 Å². The van der Waals surface area contributed by atoms with E-state index in [2.05, 4.69) is 44.9 Å². The summed E-state index contributed by atoms with van der Waals surface area (Å²) in [5.74, 6) is 3.14. The minimum atomic E-state index is -1.35. The maximum atomic E-state index is 12.7. The first kappa shape index (κ1) is 60.0. The molecule has 22 heteroatoms. The molecule has 18 nitrogen and oxygen atoms in total. The fourth-order valence-corrected chi connectivity index (χ4v) is 10.6. The molecule has 0 amide bonds. The zero-order valence-electron chi connectivity index (χ0n) is 43.9. The topological polar surface area (TPSA) is 248 Å². The fourth-order valence-electron chi connectivity index (χ4n) is 7.37.